The van der Waals surface area contributed by atoms with E-state index in [0.29, 0.717) is 20.5 Å². The highest BCUT2D eigenvalue weighted by Gasteiger charge is 2.33. The molecule has 1 saturated heterocycles. The average molecular weight is 342 g/mol. The van der Waals surface area contributed by atoms with Crippen molar-refractivity contribution in [1.82, 2.24) is 0 Å². The number of benzene rings is 2. The van der Waals surface area contributed by atoms with Gasteiger partial charge in [-0.25, -0.2) is 0 Å². The van der Waals surface area contributed by atoms with Crippen LogP contribution < -0.4 is 4.90 Å². The summed E-state index contributed by atoms with van der Waals surface area (Å²) in [6, 6.07) is 15.3. The molecule has 23 heavy (non-hydrogen) atoms. The molecule has 0 unspecified atom stereocenters. The zero-order valence-electron chi connectivity index (χ0n) is 11.7. The molecule has 7 heteroatoms. The van der Waals surface area contributed by atoms with Gasteiger partial charge in [-0.2, -0.15) is 0 Å². The first kappa shape index (κ1) is 15.4. The van der Waals surface area contributed by atoms with Gasteiger partial charge in [0.2, 0.25) is 0 Å². The van der Waals surface area contributed by atoms with E-state index in [4.69, 9.17) is 12.2 Å². The van der Waals surface area contributed by atoms with Crippen molar-refractivity contribution in [2.45, 2.75) is 0 Å². The number of amides is 1. The van der Waals surface area contributed by atoms with Crippen LogP contribution in [0.2, 0.25) is 0 Å². The number of carbonyl (C=O) groups is 1. The van der Waals surface area contributed by atoms with Crippen molar-refractivity contribution in [3.8, 4) is 0 Å². The molecule has 0 saturated carbocycles. The Labute approximate surface area is 141 Å². The van der Waals surface area contributed by atoms with Crippen LogP contribution >= 0.6 is 24.0 Å². The summed E-state index contributed by atoms with van der Waals surface area (Å²) in [5.74, 6) is -0.224. The second-order valence-electron chi connectivity index (χ2n) is 4.70. The number of para-hydroxylation sites is 1. The van der Waals surface area contributed by atoms with E-state index in [1.54, 1.807) is 30.3 Å². The lowest BCUT2D eigenvalue weighted by Gasteiger charge is -2.13. The number of carbonyl (C=O) groups excluding carboxylic acids is 1. The van der Waals surface area contributed by atoms with Crippen LogP contribution in [0, 0.1) is 10.1 Å². The van der Waals surface area contributed by atoms with Crippen molar-refractivity contribution >= 4 is 51.7 Å². The summed E-state index contributed by atoms with van der Waals surface area (Å²) in [6.07, 6.45) is 1.62. The Bertz CT molecular complexity index is 834. The van der Waals surface area contributed by atoms with Crippen LogP contribution in [0.15, 0.2) is 59.5 Å². The molecule has 5 nitrogen and oxygen atoms in total. The van der Waals surface area contributed by atoms with Crippen LogP contribution in [0.3, 0.4) is 0 Å². The summed E-state index contributed by atoms with van der Waals surface area (Å²) >= 11 is 6.46. The summed E-state index contributed by atoms with van der Waals surface area (Å²) < 4.78 is 0.442. The molecule has 1 heterocycles. The molecular weight excluding hydrogens is 332 g/mol. The summed E-state index contributed by atoms with van der Waals surface area (Å²) in [5, 5.41) is 10.8. The third-order valence-corrected chi connectivity index (χ3v) is 4.49. The number of nitro groups is 1. The normalized spacial score (nSPS) is 16.2. The highest BCUT2D eigenvalue weighted by molar-refractivity contribution is 8.27. The minimum Gasteiger partial charge on any atom is -0.268 e. The highest BCUT2D eigenvalue weighted by atomic mass is 32.2. The SMILES string of the molecule is O=C1/C(=C\c2cccc([N+](=O)[O-])c2)SC(=S)N1c1ccccc1. The first-order valence-electron chi connectivity index (χ1n) is 6.64. The number of non-ortho nitro benzene ring substituents is 1. The monoisotopic (exact) mass is 342 g/mol. The number of hydrogen-bond acceptors (Lipinski definition) is 5. The molecular formula is C16H10N2O3S2. The van der Waals surface area contributed by atoms with Crippen molar-refractivity contribution in [3.63, 3.8) is 0 Å². The van der Waals surface area contributed by atoms with E-state index in [1.165, 1.54) is 28.8 Å². The van der Waals surface area contributed by atoms with Gasteiger partial charge in [-0.05, 0) is 23.8 Å². The van der Waals surface area contributed by atoms with E-state index < -0.39 is 4.92 Å². The molecule has 114 valence electrons. The molecule has 0 N–H and O–H groups in total. The number of rotatable bonds is 3. The maximum absolute atomic E-state index is 12.6. The molecule has 0 spiro atoms. The summed E-state index contributed by atoms with van der Waals surface area (Å²) in [4.78, 5) is 24.8. The lowest BCUT2D eigenvalue weighted by Crippen LogP contribution is -2.27. The van der Waals surface area contributed by atoms with Crippen molar-refractivity contribution in [1.29, 1.82) is 0 Å². The smallest absolute Gasteiger partial charge is 0.268 e. The largest absolute Gasteiger partial charge is 0.270 e. The Morgan fingerprint density at radius 1 is 1.13 bits per heavy atom. The third-order valence-electron chi connectivity index (χ3n) is 3.19. The van der Waals surface area contributed by atoms with Gasteiger partial charge in [0.1, 0.15) is 0 Å². The molecule has 1 aliphatic rings. The van der Waals surface area contributed by atoms with Crippen LogP contribution in [-0.2, 0) is 4.79 Å². The fraction of sp³-hybridized carbons (Fsp3) is 0. The molecule has 2 aromatic carbocycles. The molecule has 3 rings (SSSR count). The van der Waals surface area contributed by atoms with E-state index in [2.05, 4.69) is 0 Å². The fourth-order valence-corrected chi connectivity index (χ4v) is 3.45. The van der Waals surface area contributed by atoms with Gasteiger partial charge >= 0.3 is 0 Å². The Morgan fingerprint density at radius 2 is 1.87 bits per heavy atom. The van der Waals surface area contributed by atoms with Crippen LogP contribution in [0.5, 0.6) is 0 Å². The third kappa shape index (κ3) is 3.15. The van der Waals surface area contributed by atoms with Gasteiger partial charge < -0.3 is 0 Å². The van der Waals surface area contributed by atoms with Crippen molar-refractivity contribution < 1.29 is 9.72 Å². The van der Waals surface area contributed by atoms with E-state index in [9.17, 15) is 14.9 Å². The van der Waals surface area contributed by atoms with E-state index in [0.717, 1.165) is 0 Å². The molecule has 0 atom stereocenters. The van der Waals surface area contributed by atoms with Crippen LogP contribution in [0.4, 0.5) is 11.4 Å². The van der Waals surface area contributed by atoms with Gasteiger partial charge in [-0.15, -0.1) is 0 Å². The van der Waals surface area contributed by atoms with Crippen LogP contribution in [0.25, 0.3) is 6.08 Å². The molecule has 0 aliphatic carbocycles. The zero-order chi connectivity index (χ0) is 16.4. The maximum atomic E-state index is 12.6. The topological polar surface area (TPSA) is 63.4 Å². The van der Waals surface area contributed by atoms with Crippen molar-refractivity contribution in [2.24, 2.45) is 0 Å². The molecule has 2 aromatic rings. The van der Waals surface area contributed by atoms with Crippen molar-refractivity contribution in [2.75, 3.05) is 4.90 Å². The summed E-state index contributed by atoms with van der Waals surface area (Å²) in [7, 11) is 0. The van der Waals surface area contributed by atoms with E-state index in [-0.39, 0.29) is 11.6 Å². The van der Waals surface area contributed by atoms with E-state index in [1.807, 2.05) is 18.2 Å². The average Bonchev–Trinajstić information content (AvgIpc) is 2.82. The second kappa shape index (κ2) is 6.31. The first-order chi connectivity index (χ1) is 11.1. The van der Waals surface area contributed by atoms with Crippen LogP contribution in [0.1, 0.15) is 5.56 Å². The van der Waals surface area contributed by atoms with Crippen molar-refractivity contribution in [3.05, 3.63) is 75.2 Å². The number of thiocarbonyl (C=S) groups is 1. The predicted molar refractivity (Wildman–Crippen MR) is 95.2 cm³/mol. The Morgan fingerprint density at radius 3 is 2.57 bits per heavy atom. The number of hydrogen-bond donors (Lipinski definition) is 0. The minimum atomic E-state index is -0.466. The highest BCUT2D eigenvalue weighted by Crippen LogP contribution is 2.36. The summed E-state index contributed by atoms with van der Waals surface area (Å²) in [6.45, 7) is 0. The quantitative estimate of drug-likeness (QED) is 0.365. The Hall–Kier alpha value is -2.51. The van der Waals surface area contributed by atoms with E-state index >= 15 is 0 Å². The molecule has 1 aliphatic heterocycles. The van der Waals surface area contributed by atoms with Gasteiger partial charge in [-0.1, -0.05) is 54.3 Å². The Kier molecular flexibility index (Phi) is 4.22. The molecule has 0 aromatic heterocycles. The number of thioether (sulfide) groups is 1. The number of anilines is 1. The zero-order valence-corrected chi connectivity index (χ0v) is 13.3. The van der Waals surface area contributed by atoms with Gasteiger partial charge in [-0.3, -0.25) is 19.8 Å². The van der Waals surface area contributed by atoms with Gasteiger partial charge in [0.15, 0.2) is 4.32 Å². The van der Waals surface area contributed by atoms with Gasteiger partial charge in [0.05, 0.1) is 15.5 Å². The van der Waals surface area contributed by atoms with Crippen LogP contribution in [-0.4, -0.2) is 15.2 Å². The van der Waals surface area contributed by atoms with Gasteiger partial charge in [0, 0.05) is 12.1 Å². The Balaban J connectivity index is 1.93. The number of nitrogens with zero attached hydrogens (tertiary/aromatic N) is 2. The lowest BCUT2D eigenvalue weighted by molar-refractivity contribution is -0.384. The molecule has 0 bridgehead atoms. The predicted octanol–water partition coefficient (Wildman–Crippen LogP) is 4.00. The summed E-state index contributed by atoms with van der Waals surface area (Å²) in [5.41, 5.74) is 1.28. The lowest BCUT2D eigenvalue weighted by atomic mass is 10.2. The number of nitro benzene ring substituents is 1. The molecule has 0 radical (unpaired) electrons. The fourth-order valence-electron chi connectivity index (χ4n) is 2.15. The molecule has 1 fully saturated rings. The minimum absolute atomic E-state index is 0.0164. The second-order valence-corrected chi connectivity index (χ2v) is 6.38. The molecule has 1 amide bonds. The first-order valence-corrected chi connectivity index (χ1v) is 7.86. The standard InChI is InChI=1S/C16H10N2O3S2/c19-15-14(10-11-5-4-8-13(9-11)18(20)21)23-16(22)17(15)12-6-2-1-3-7-12/h1-10H/b14-10+. The van der Waals surface area contributed by atoms with Gasteiger partial charge in [0.25, 0.3) is 11.6 Å². The maximum Gasteiger partial charge on any atom is 0.270 e.